The highest BCUT2D eigenvalue weighted by Crippen LogP contribution is 2.40. The number of hydrogen-bond acceptors (Lipinski definition) is 5. The maximum atomic E-state index is 14.8. The van der Waals surface area contributed by atoms with Gasteiger partial charge in [-0.05, 0) is 29.8 Å². The molecule has 3 aromatic rings. The molecule has 0 aromatic heterocycles. The number of piperazine rings is 1. The molecule has 4 rings (SSSR count). The van der Waals surface area contributed by atoms with Crippen LogP contribution in [0.2, 0.25) is 0 Å². The summed E-state index contributed by atoms with van der Waals surface area (Å²) in [6, 6.07) is 16.8. The van der Waals surface area contributed by atoms with Gasteiger partial charge in [-0.3, -0.25) is 9.80 Å². The van der Waals surface area contributed by atoms with Crippen molar-refractivity contribution in [2.24, 2.45) is 0 Å². The molecular weight excluding hydrogens is 474 g/mol. The second-order valence-corrected chi connectivity index (χ2v) is 8.28. The van der Waals surface area contributed by atoms with Gasteiger partial charge in [-0.25, -0.2) is 8.78 Å². The molecule has 0 N–H and O–H groups in total. The van der Waals surface area contributed by atoms with E-state index in [0.29, 0.717) is 29.4 Å². The van der Waals surface area contributed by atoms with Crippen LogP contribution < -0.4 is 14.2 Å². The van der Waals surface area contributed by atoms with Gasteiger partial charge in [0.2, 0.25) is 5.75 Å². The molecule has 0 saturated carbocycles. The SMILES string of the molecule is COc1ccc(CN2CCN(C(c3ccc(F)cc3)c3ccccc3F)CC2)c(OC)c1OC.Cl. The summed E-state index contributed by atoms with van der Waals surface area (Å²) in [7, 11) is 4.82. The molecule has 1 fully saturated rings. The maximum absolute atomic E-state index is 14.8. The molecule has 188 valence electrons. The van der Waals surface area contributed by atoms with Crippen molar-refractivity contribution in [1.29, 1.82) is 0 Å². The second-order valence-electron chi connectivity index (χ2n) is 8.28. The minimum atomic E-state index is -0.301. The molecule has 1 heterocycles. The molecule has 1 saturated heterocycles. The Bertz CT molecular complexity index is 1110. The van der Waals surface area contributed by atoms with Gasteiger partial charge in [0.15, 0.2) is 11.5 Å². The van der Waals surface area contributed by atoms with E-state index in [9.17, 15) is 8.78 Å². The van der Waals surface area contributed by atoms with Gasteiger partial charge in [-0.15, -0.1) is 12.4 Å². The summed E-state index contributed by atoms with van der Waals surface area (Å²) in [5.74, 6) is 1.32. The third-order valence-corrected chi connectivity index (χ3v) is 6.34. The molecule has 0 bridgehead atoms. The number of benzene rings is 3. The minimum Gasteiger partial charge on any atom is -0.493 e. The Morgan fingerprint density at radius 2 is 1.43 bits per heavy atom. The highest BCUT2D eigenvalue weighted by atomic mass is 35.5. The Morgan fingerprint density at radius 1 is 0.771 bits per heavy atom. The van der Waals surface area contributed by atoms with Crippen molar-refractivity contribution in [2.75, 3.05) is 47.5 Å². The van der Waals surface area contributed by atoms with E-state index in [0.717, 1.165) is 37.3 Å². The summed E-state index contributed by atoms with van der Waals surface area (Å²) in [5.41, 5.74) is 2.49. The summed E-state index contributed by atoms with van der Waals surface area (Å²) in [6.07, 6.45) is 0. The van der Waals surface area contributed by atoms with Crippen molar-refractivity contribution in [2.45, 2.75) is 12.6 Å². The molecule has 1 atom stereocenters. The lowest BCUT2D eigenvalue weighted by Gasteiger charge is -2.40. The fraction of sp³-hybridized carbons (Fsp3) is 0.333. The number of methoxy groups -OCH3 is 3. The number of hydrogen-bond donors (Lipinski definition) is 0. The highest BCUT2D eigenvalue weighted by molar-refractivity contribution is 5.85. The molecule has 0 spiro atoms. The average molecular weight is 505 g/mol. The number of halogens is 3. The van der Waals surface area contributed by atoms with E-state index in [2.05, 4.69) is 9.80 Å². The predicted molar refractivity (Wildman–Crippen MR) is 135 cm³/mol. The lowest BCUT2D eigenvalue weighted by Crippen LogP contribution is -2.47. The van der Waals surface area contributed by atoms with E-state index in [1.807, 2.05) is 24.3 Å². The standard InChI is InChI=1S/C27H30F2N2O3.ClH/c1-32-24-13-10-20(26(33-2)27(24)34-3)18-30-14-16-31(17-15-30)25(19-8-11-21(28)12-9-19)22-6-4-5-7-23(22)29;/h4-13,25H,14-18H2,1-3H3;1H. The number of rotatable bonds is 8. The lowest BCUT2D eigenvalue weighted by atomic mass is 9.95. The summed E-state index contributed by atoms with van der Waals surface area (Å²) in [5, 5.41) is 0. The van der Waals surface area contributed by atoms with E-state index < -0.39 is 0 Å². The summed E-state index contributed by atoms with van der Waals surface area (Å²) >= 11 is 0. The molecule has 0 amide bonds. The van der Waals surface area contributed by atoms with Gasteiger partial charge in [0.1, 0.15) is 11.6 Å². The van der Waals surface area contributed by atoms with Crippen molar-refractivity contribution in [3.8, 4) is 17.2 Å². The fourth-order valence-electron chi connectivity index (χ4n) is 4.64. The Hall–Kier alpha value is -2.87. The highest BCUT2D eigenvalue weighted by Gasteiger charge is 2.29. The van der Waals surface area contributed by atoms with Crippen LogP contribution in [0, 0.1) is 11.6 Å². The topological polar surface area (TPSA) is 34.2 Å². The monoisotopic (exact) mass is 504 g/mol. The fourth-order valence-corrected chi connectivity index (χ4v) is 4.64. The van der Waals surface area contributed by atoms with Crippen molar-refractivity contribution >= 4 is 12.4 Å². The van der Waals surface area contributed by atoms with Gasteiger partial charge in [0, 0.05) is 43.9 Å². The molecular formula is C27H31ClF2N2O3. The second kappa shape index (κ2) is 12.2. The van der Waals surface area contributed by atoms with Gasteiger partial charge >= 0.3 is 0 Å². The zero-order valence-corrected chi connectivity index (χ0v) is 21.0. The van der Waals surface area contributed by atoms with E-state index >= 15 is 0 Å². The van der Waals surface area contributed by atoms with Crippen LogP contribution >= 0.6 is 12.4 Å². The van der Waals surface area contributed by atoms with Crippen LogP contribution in [0.15, 0.2) is 60.7 Å². The Morgan fingerprint density at radius 3 is 2.03 bits per heavy atom. The largest absolute Gasteiger partial charge is 0.493 e. The van der Waals surface area contributed by atoms with E-state index in [1.165, 1.54) is 18.2 Å². The van der Waals surface area contributed by atoms with E-state index in [-0.39, 0.29) is 30.1 Å². The van der Waals surface area contributed by atoms with Crippen LogP contribution in [0.5, 0.6) is 17.2 Å². The first kappa shape index (κ1) is 26.7. The van der Waals surface area contributed by atoms with Gasteiger partial charge in [0.25, 0.3) is 0 Å². The molecule has 0 radical (unpaired) electrons. The minimum absolute atomic E-state index is 0. The van der Waals surface area contributed by atoms with Gasteiger partial charge in [-0.1, -0.05) is 36.4 Å². The maximum Gasteiger partial charge on any atom is 0.203 e. The molecule has 1 aliphatic heterocycles. The van der Waals surface area contributed by atoms with Gasteiger partial charge in [-0.2, -0.15) is 0 Å². The molecule has 5 nitrogen and oxygen atoms in total. The Balaban J connectivity index is 0.00000342. The van der Waals surface area contributed by atoms with Crippen molar-refractivity contribution < 1.29 is 23.0 Å². The molecule has 35 heavy (non-hydrogen) atoms. The zero-order valence-electron chi connectivity index (χ0n) is 20.2. The molecule has 1 unspecified atom stereocenters. The molecule has 1 aliphatic rings. The zero-order chi connectivity index (χ0) is 24.1. The third kappa shape index (κ3) is 5.86. The van der Waals surface area contributed by atoms with Crippen LogP contribution in [0.25, 0.3) is 0 Å². The summed E-state index contributed by atoms with van der Waals surface area (Å²) in [4.78, 5) is 4.59. The number of ether oxygens (including phenoxy) is 3. The van der Waals surface area contributed by atoms with Gasteiger partial charge in [0.05, 0.1) is 27.4 Å². The van der Waals surface area contributed by atoms with Crippen molar-refractivity contribution in [3.05, 3.63) is 89.0 Å². The van der Waals surface area contributed by atoms with E-state index in [1.54, 1.807) is 39.5 Å². The quantitative estimate of drug-likeness (QED) is 0.415. The first-order valence-electron chi connectivity index (χ1n) is 11.3. The number of nitrogens with zero attached hydrogens (tertiary/aromatic N) is 2. The van der Waals surface area contributed by atoms with Gasteiger partial charge < -0.3 is 14.2 Å². The summed E-state index contributed by atoms with van der Waals surface area (Å²) in [6.45, 7) is 3.77. The van der Waals surface area contributed by atoms with Crippen LogP contribution in [0.1, 0.15) is 22.7 Å². The Labute approximate surface area is 211 Å². The first-order valence-corrected chi connectivity index (χ1v) is 11.3. The first-order chi connectivity index (χ1) is 16.5. The summed E-state index contributed by atoms with van der Waals surface area (Å²) < 4.78 is 44.9. The molecule has 8 heteroatoms. The lowest BCUT2D eigenvalue weighted by molar-refractivity contribution is 0.103. The van der Waals surface area contributed by atoms with Crippen LogP contribution in [0.3, 0.4) is 0 Å². The van der Waals surface area contributed by atoms with Crippen LogP contribution in [0.4, 0.5) is 8.78 Å². The van der Waals surface area contributed by atoms with Crippen LogP contribution in [-0.2, 0) is 6.54 Å². The smallest absolute Gasteiger partial charge is 0.203 e. The average Bonchev–Trinajstić information content (AvgIpc) is 2.87. The van der Waals surface area contributed by atoms with E-state index in [4.69, 9.17) is 14.2 Å². The van der Waals surface area contributed by atoms with Crippen molar-refractivity contribution in [1.82, 2.24) is 9.80 Å². The molecule has 3 aromatic carbocycles. The van der Waals surface area contributed by atoms with Crippen LogP contribution in [-0.4, -0.2) is 57.3 Å². The third-order valence-electron chi connectivity index (χ3n) is 6.34. The Kier molecular flexibility index (Phi) is 9.32. The van der Waals surface area contributed by atoms with Crippen molar-refractivity contribution in [3.63, 3.8) is 0 Å². The predicted octanol–water partition coefficient (Wildman–Crippen LogP) is 5.32. The normalized spacial score (nSPS) is 15.2. The molecule has 0 aliphatic carbocycles.